The van der Waals surface area contributed by atoms with Crippen LogP contribution in [0.15, 0.2) is 18.2 Å². The van der Waals surface area contributed by atoms with Crippen LogP contribution in [-0.4, -0.2) is 5.78 Å². The molecular weight excluding hydrogens is 215 g/mol. The molecule has 0 fully saturated rings. The van der Waals surface area contributed by atoms with E-state index in [4.69, 9.17) is 11.6 Å². The molecule has 1 aromatic carbocycles. The molecule has 0 aromatic heterocycles. The van der Waals surface area contributed by atoms with Crippen LogP contribution in [0.3, 0.4) is 0 Å². The van der Waals surface area contributed by atoms with E-state index < -0.39 is 5.82 Å². The van der Waals surface area contributed by atoms with Crippen LogP contribution in [0.4, 0.5) is 4.39 Å². The van der Waals surface area contributed by atoms with Crippen molar-refractivity contribution < 1.29 is 9.18 Å². The number of hydrogen-bond donors (Lipinski definition) is 0. The second-order valence-corrected chi connectivity index (χ2v) is 4.36. The number of carbonyl (C=O) groups is 1. The first-order valence-electron chi connectivity index (χ1n) is 4.99. The molecule has 0 atom stereocenters. The minimum atomic E-state index is -0.531. The van der Waals surface area contributed by atoms with Crippen molar-refractivity contribution in [2.24, 2.45) is 5.92 Å². The SMILES string of the molecule is CC(C)CCC(=O)c1c(F)cccc1Cl. The van der Waals surface area contributed by atoms with Gasteiger partial charge in [0.05, 0.1) is 10.6 Å². The minimum absolute atomic E-state index is 0.0276. The summed E-state index contributed by atoms with van der Waals surface area (Å²) in [5, 5.41) is 0.198. The van der Waals surface area contributed by atoms with Gasteiger partial charge in [-0.2, -0.15) is 0 Å². The maximum atomic E-state index is 13.3. The topological polar surface area (TPSA) is 17.1 Å². The Balaban J connectivity index is 2.82. The zero-order valence-corrected chi connectivity index (χ0v) is 9.64. The average molecular weight is 229 g/mol. The van der Waals surface area contributed by atoms with Crippen molar-refractivity contribution in [1.29, 1.82) is 0 Å². The summed E-state index contributed by atoms with van der Waals surface area (Å²) in [5.41, 5.74) is 0.0276. The van der Waals surface area contributed by atoms with E-state index in [-0.39, 0.29) is 16.4 Å². The van der Waals surface area contributed by atoms with Crippen molar-refractivity contribution >= 4 is 17.4 Å². The Bertz CT molecular complexity index is 340. The van der Waals surface area contributed by atoms with Gasteiger partial charge in [-0.05, 0) is 24.5 Å². The Kier molecular flexibility index (Phi) is 4.28. The maximum absolute atomic E-state index is 13.3. The summed E-state index contributed by atoms with van der Waals surface area (Å²) in [6, 6.07) is 4.29. The summed E-state index contributed by atoms with van der Waals surface area (Å²) in [5.74, 6) is -0.317. The molecule has 1 rings (SSSR count). The van der Waals surface area contributed by atoms with E-state index in [9.17, 15) is 9.18 Å². The largest absolute Gasteiger partial charge is 0.294 e. The summed E-state index contributed by atoms with van der Waals surface area (Å²) in [7, 11) is 0. The first-order valence-corrected chi connectivity index (χ1v) is 5.37. The predicted octanol–water partition coefficient (Wildman–Crippen LogP) is 4.10. The van der Waals surface area contributed by atoms with Gasteiger partial charge >= 0.3 is 0 Å². The van der Waals surface area contributed by atoms with Gasteiger partial charge in [-0.15, -0.1) is 0 Å². The van der Waals surface area contributed by atoms with Gasteiger partial charge in [0.15, 0.2) is 5.78 Å². The predicted molar refractivity (Wildman–Crippen MR) is 59.8 cm³/mol. The summed E-state index contributed by atoms with van der Waals surface area (Å²) in [4.78, 5) is 11.7. The van der Waals surface area contributed by atoms with Gasteiger partial charge in [0.25, 0.3) is 0 Å². The van der Waals surface area contributed by atoms with Gasteiger partial charge < -0.3 is 0 Å². The van der Waals surface area contributed by atoms with Crippen LogP contribution >= 0.6 is 11.6 Å². The lowest BCUT2D eigenvalue weighted by molar-refractivity contribution is 0.0971. The molecule has 82 valence electrons. The fourth-order valence-electron chi connectivity index (χ4n) is 1.31. The Morgan fingerprint density at radius 2 is 2.13 bits per heavy atom. The van der Waals surface area contributed by atoms with E-state index in [1.807, 2.05) is 13.8 Å². The molecule has 3 heteroatoms. The normalized spacial score (nSPS) is 10.7. The van der Waals surface area contributed by atoms with Crippen molar-refractivity contribution in [2.45, 2.75) is 26.7 Å². The lowest BCUT2D eigenvalue weighted by Crippen LogP contribution is -2.05. The molecule has 0 aliphatic carbocycles. The average Bonchev–Trinajstić information content (AvgIpc) is 2.14. The van der Waals surface area contributed by atoms with Gasteiger partial charge in [0, 0.05) is 6.42 Å². The van der Waals surface area contributed by atoms with E-state index in [0.717, 1.165) is 6.42 Å². The van der Waals surface area contributed by atoms with Crippen LogP contribution in [0.2, 0.25) is 5.02 Å². The van der Waals surface area contributed by atoms with E-state index in [0.29, 0.717) is 12.3 Å². The number of benzene rings is 1. The molecule has 0 radical (unpaired) electrons. The zero-order chi connectivity index (χ0) is 11.4. The van der Waals surface area contributed by atoms with Crippen LogP contribution in [0, 0.1) is 11.7 Å². The highest BCUT2D eigenvalue weighted by atomic mass is 35.5. The van der Waals surface area contributed by atoms with Crippen molar-refractivity contribution in [3.05, 3.63) is 34.6 Å². The van der Waals surface area contributed by atoms with E-state index in [1.54, 1.807) is 0 Å². The van der Waals surface area contributed by atoms with Gasteiger partial charge in [-0.25, -0.2) is 4.39 Å². The first-order chi connectivity index (χ1) is 7.02. The molecule has 1 aromatic rings. The van der Waals surface area contributed by atoms with Crippen LogP contribution in [0.1, 0.15) is 37.0 Å². The van der Waals surface area contributed by atoms with Gasteiger partial charge in [0.1, 0.15) is 5.82 Å². The van der Waals surface area contributed by atoms with Gasteiger partial charge in [-0.3, -0.25) is 4.79 Å². The first kappa shape index (κ1) is 12.2. The maximum Gasteiger partial charge on any atom is 0.167 e. The Hall–Kier alpha value is -0.890. The van der Waals surface area contributed by atoms with Crippen molar-refractivity contribution in [2.75, 3.05) is 0 Å². The quantitative estimate of drug-likeness (QED) is 0.710. The number of halogens is 2. The van der Waals surface area contributed by atoms with Crippen LogP contribution in [0.5, 0.6) is 0 Å². The van der Waals surface area contributed by atoms with Crippen molar-refractivity contribution in [3.8, 4) is 0 Å². The van der Waals surface area contributed by atoms with Crippen LogP contribution < -0.4 is 0 Å². The molecule has 0 saturated carbocycles. The molecule has 0 spiro atoms. The second-order valence-electron chi connectivity index (χ2n) is 3.95. The Morgan fingerprint density at radius 1 is 1.47 bits per heavy atom. The number of rotatable bonds is 4. The van der Waals surface area contributed by atoms with Crippen molar-refractivity contribution in [1.82, 2.24) is 0 Å². The molecule has 0 aliphatic rings. The van der Waals surface area contributed by atoms with Crippen LogP contribution in [-0.2, 0) is 0 Å². The highest BCUT2D eigenvalue weighted by molar-refractivity contribution is 6.34. The lowest BCUT2D eigenvalue weighted by atomic mass is 10.0. The molecular formula is C12H14ClFO. The zero-order valence-electron chi connectivity index (χ0n) is 8.89. The third-order valence-corrected chi connectivity index (χ3v) is 2.51. The van der Waals surface area contributed by atoms with Crippen molar-refractivity contribution in [3.63, 3.8) is 0 Å². The molecule has 0 bridgehead atoms. The summed E-state index contributed by atoms with van der Waals surface area (Å²) in [6.07, 6.45) is 1.10. The molecule has 0 heterocycles. The smallest absolute Gasteiger partial charge is 0.167 e. The fourth-order valence-corrected chi connectivity index (χ4v) is 1.58. The highest BCUT2D eigenvalue weighted by Gasteiger charge is 2.15. The van der Waals surface area contributed by atoms with E-state index >= 15 is 0 Å². The monoisotopic (exact) mass is 228 g/mol. The number of hydrogen-bond acceptors (Lipinski definition) is 1. The second kappa shape index (κ2) is 5.26. The highest BCUT2D eigenvalue weighted by Crippen LogP contribution is 2.21. The number of carbonyl (C=O) groups excluding carboxylic acids is 1. The standard InChI is InChI=1S/C12H14ClFO/c1-8(2)6-7-11(15)12-9(13)4-3-5-10(12)14/h3-5,8H,6-7H2,1-2H3. The summed E-state index contributed by atoms with van der Waals surface area (Å²) in [6.45, 7) is 4.05. The third-order valence-electron chi connectivity index (χ3n) is 2.19. The lowest BCUT2D eigenvalue weighted by Gasteiger charge is -2.06. The van der Waals surface area contributed by atoms with Gasteiger partial charge in [-0.1, -0.05) is 31.5 Å². The minimum Gasteiger partial charge on any atom is -0.294 e. The molecule has 0 amide bonds. The molecule has 0 unspecified atom stereocenters. The third kappa shape index (κ3) is 3.31. The molecule has 1 nitrogen and oxygen atoms in total. The van der Waals surface area contributed by atoms with Crippen LogP contribution in [0.25, 0.3) is 0 Å². The number of Topliss-reactive ketones (excluding diaryl/α,β-unsaturated/α-hetero) is 1. The summed E-state index contributed by atoms with van der Waals surface area (Å²) < 4.78 is 13.3. The molecule has 0 aliphatic heterocycles. The van der Waals surface area contributed by atoms with Gasteiger partial charge in [0.2, 0.25) is 0 Å². The summed E-state index contributed by atoms with van der Waals surface area (Å²) >= 11 is 5.78. The van der Waals surface area contributed by atoms with E-state index in [2.05, 4.69) is 0 Å². The molecule has 0 N–H and O–H groups in total. The molecule has 0 saturated heterocycles. The Morgan fingerprint density at radius 3 is 2.67 bits per heavy atom. The fraction of sp³-hybridized carbons (Fsp3) is 0.417. The Labute approximate surface area is 94.3 Å². The number of ketones is 1. The molecule has 15 heavy (non-hydrogen) atoms. The van der Waals surface area contributed by atoms with E-state index in [1.165, 1.54) is 18.2 Å².